The molecule has 7 heteroatoms. The number of rotatable bonds is 6. The zero-order valence-electron chi connectivity index (χ0n) is 14.5. The quantitative estimate of drug-likeness (QED) is 0.794. The van der Waals surface area contributed by atoms with Crippen molar-refractivity contribution in [3.05, 3.63) is 52.7 Å². The molecule has 1 fully saturated rings. The van der Waals surface area contributed by atoms with Crippen LogP contribution in [0.15, 0.2) is 41.6 Å². The lowest BCUT2D eigenvalue weighted by Gasteiger charge is -2.35. The van der Waals surface area contributed by atoms with Crippen molar-refractivity contribution in [1.29, 1.82) is 0 Å². The third-order valence-electron chi connectivity index (χ3n) is 4.61. The highest BCUT2D eigenvalue weighted by Gasteiger charge is 2.28. The first-order valence-corrected chi connectivity index (χ1v) is 8.67. The van der Waals surface area contributed by atoms with Gasteiger partial charge in [-0.15, -0.1) is 0 Å². The van der Waals surface area contributed by atoms with E-state index in [1.54, 1.807) is 25.6 Å². The van der Waals surface area contributed by atoms with Crippen molar-refractivity contribution in [2.24, 2.45) is 0 Å². The van der Waals surface area contributed by atoms with E-state index in [0.717, 1.165) is 25.8 Å². The van der Waals surface area contributed by atoms with Gasteiger partial charge in [-0.05, 0) is 31.4 Å². The van der Waals surface area contributed by atoms with Gasteiger partial charge in [0.15, 0.2) is 0 Å². The van der Waals surface area contributed by atoms with E-state index in [-0.39, 0.29) is 17.5 Å². The monoisotopic (exact) mass is 344 g/mol. The Kier molecular flexibility index (Phi) is 5.65. The van der Waals surface area contributed by atoms with Crippen molar-refractivity contribution in [3.63, 3.8) is 0 Å². The largest absolute Gasteiger partial charge is 0.383 e. The minimum Gasteiger partial charge on any atom is -0.383 e. The molecule has 1 atom stereocenters. The van der Waals surface area contributed by atoms with Gasteiger partial charge in [-0.1, -0.05) is 0 Å². The number of ether oxygens (including phenoxy) is 1. The third-order valence-corrected chi connectivity index (χ3v) is 4.61. The molecule has 0 aromatic carbocycles. The zero-order chi connectivity index (χ0) is 17.6. The van der Waals surface area contributed by atoms with Gasteiger partial charge >= 0.3 is 0 Å². The molecule has 0 N–H and O–H groups in total. The number of pyridine rings is 1. The Morgan fingerprint density at radius 1 is 1.36 bits per heavy atom. The van der Waals surface area contributed by atoms with Crippen LogP contribution in [0.5, 0.6) is 0 Å². The summed E-state index contributed by atoms with van der Waals surface area (Å²) in [5.41, 5.74) is 0.420. The lowest BCUT2D eigenvalue weighted by atomic mass is 10.0. The molecule has 0 radical (unpaired) electrons. The van der Waals surface area contributed by atoms with Crippen LogP contribution in [0.25, 0.3) is 0 Å². The Morgan fingerprint density at radius 2 is 2.24 bits per heavy atom. The number of hydrogen-bond donors (Lipinski definition) is 0. The van der Waals surface area contributed by atoms with E-state index < -0.39 is 0 Å². The Bertz CT molecular complexity index is 754. The van der Waals surface area contributed by atoms with Crippen LogP contribution in [0.2, 0.25) is 0 Å². The summed E-state index contributed by atoms with van der Waals surface area (Å²) in [5.74, 6) is -0.0250. The first-order chi connectivity index (χ1) is 12.2. The second-order valence-electron chi connectivity index (χ2n) is 6.32. The standard InChI is InChI=1S/C18H24N4O3/c1-25-12-11-20-13-15(6-7-17(20)23)18(24)22-10-3-2-5-16(22)14-21-9-4-8-19-21/h4,6-9,13,16H,2-3,5,10-12,14H2,1H3/t16-/m1/s1. The van der Waals surface area contributed by atoms with E-state index in [1.807, 2.05) is 21.8 Å². The highest BCUT2D eigenvalue weighted by Crippen LogP contribution is 2.20. The van der Waals surface area contributed by atoms with Crippen molar-refractivity contribution in [3.8, 4) is 0 Å². The highest BCUT2D eigenvalue weighted by atomic mass is 16.5. The summed E-state index contributed by atoms with van der Waals surface area (Å²) < 4.78 is 8.43. The second-order valence-corrected chi connectivity index (χ2v) is 6.32. The average molecular weight is 344 g/mol. The van der Waals surface area contributed by atoms with Crippen LogP contribution in [0.3, 0.4) is 0 Å². The predicted octanol–water partition coefficient (Wildman–Crippen LogP) is 1.39. The molecule has 3 heterocycles. The van der Waals surface area contributed by atoms with Crippen LogP contribution in [-0.4, -0.2) is 51.5 Å². The van der Waals surface area contributed by atoms with E-state index in [0.29, 0.717) is 25.3 Å². The van der Waals surface area contributed by atoms with Gasteiger partial charge in [-0.25, -0.2) is 0 Å². The van der Waals surface area contributed by atoms with E-state index in [2.05, 4.69) is 5.10 Å². The molecule has 0 unspecified atom stereocenters. The Balaban J connectivity index is 1.78. The SMILES string of the molecule is COCCn1cc(C(=O)N2CCCC[C@@H]2Cn2cccn2)ccc1=O. The molecule has 1 saturated heterocycles. The van der Waals surface area contributed by atoms with Gasteiger partial charge in [0.2, 0.25) is 0 Å². The summed E-state index contributed by atoms with van der Waals surface area (Å²) >= 11 is 0. The molecule has 1 amide bonds. The number of carbonyl (C=O) groups excluding carboxylic acids is 1. The van der Waals surface area contributed by atoms with Crippen molar-refractivity contribution in [2.75, 3.05) is 20.3 Å². The fourth-order valence-electron chi connectivity index (χ4n) is 3.27. The number of carbonyl (C=O) groups is 1. The van der Waals surface area contributed by atoms with Crippen LogP contribution < -0.4 is 5.56 Å². The Labute approximate surface area is 146 Å². The number of aromatic nitrogens is 3. The third kappa shape index (κ3) is 4.17. The van der Waals surface area contributed by atoms with Gasteiger partial charge in [-0.2, -0.15) is 5.10 Å². The molecule has 1 aliphatic rings. The molecule has 25 heavy (non-hydrogen) atoms. The van der Waals surface area contributed by atoms with Crippen LogP contribution in [0.1, 0.15) is 29.6 Å². The second kappa shape index (κ2) is 8.11. The van der Waals surface area contributed by atoms with Gasteiger partial charge in [0, 0.05) is 44.9 Å². The molecule has 2 aromatic heterocycles. The van der Waals surface area contributed by atoms with Crippen molar-refractivity contribution >= 4 is 5.91 Å². The van der Waals surface area contributed by atoms with Crippen LogP contribution in [0.4, 0.5) is 0 Å². The first kappa shape index (κ1) is 17.4. The fourth-order valence-corrected chi connectivity index (χ4v) is 3.27. The van der Waals surface area contributed by atoms with Crippen LogP contribution in [0, 0.1) is 0 Å². The summed E-state index contributed by atoms with van der Waals surface area (Å²) in [5, 5.41) is 4.26. The maximum absolute atomic E-state index is 13.0. The minimum atomic E-state index is -0.125. The lowest BCUT2D eigenvalue weighted by molar-refractivity contribution is 0.0582. The normalized spacial score (nSPS) is 17.6. The Morgan fingerprint density at radius 3 is 3.00 bits per heavy atom. The molecule has 0 bridgehead atoms. The van der Waals surface area contributed by atoms with E-state index in [9.17, 15) is 9.59 Å². The maximum Gasteiger partial charge on any atom is 0.255 e. The number of likely N-dealkylation sites (tertiary alicyclic amines) is 1. The van der Waals surface area contributed by atoms with E-state index >= 15 is 0 Å². The molecule has 0 saturated carbocycles. The van der Waals surface area contributed by atoms with Crippen molar-refractivity contribution in [2.45, 2.75) is 38.4 Å². The molecule has 0 aliphatic carbocycles. The van der Waals surface area contributed by atoms with Crippen molar-refractivity contribution < 1.29 is 9.53 Å². The number of amides is 1. The molecular formula is C18H24N4O3. The van der Waals surface area contributed by atoms with Gasteiger partial charge in [-0.3, -0.25) is 14.3 Å². The van der Waals surface area contributed by atoms with E-state index in [4.69, 9.17) is 4.74 Å². The van der Waals surface area contributed by atoms with Crippen molar-refractivity contribution in [1.82, 2.24) is 19.2 Å². The lowest BCUT2D eigenvalue weighted by Crippen LogP contribution is -2.46. The smallest absolute Gasteiger partial charge is 0.255 e. The topological polar surface area (TPSA) is 69.4 Å². The predicted molar refractivity (Wildman–Crippen MR) is 93.5 cm³/mol. The summed E-state index contributed by atoms with van der Waals surface area (Å²) in [4.78, 5) is 26.9. The summed E-state index contributed by atoms with van der Waals surface area (Å²) in [6, 6.07) is 5.09. The molecule has 2 aromatic rings. The fraction of sp³-hybridized carbons (Fsp3) is 0.500. The molecule has 7 nitrogen and oxygen atoms in total. The number of piperidine rings is 1. The van der Waals surface area contributed by atoms with Gasteiger partial charge in [0.05, 0.1) is 24.8 Å². The van der Waals surface area contributed by atoms with Gasteiger partial charge in [0.25, 0.3) is 11.5 Å². The molecular weight excluding hydrogens is 320 g/mol. The molecule has 134 valence electrons. The summed E-state index contributed by atoms with van der Waals surface area (Å²) in [6.07, 6.45) is 8.40. The van der Waals surface area contributed by atoms with Crippen LogP contribution in [-0.2, 0) is 17.8 Å². The van der Waals surface area contributed by atoms with E-state index in [1.165, 1.54) is 10.6 Å². The first-order valence-electron chi connectivity index (χ1n) is 8.67. The maximum atomic E-state index is 13.0. The number of hydrogen-bond acceptors (Lipinski definition) is 4. The summed E-state index contributed by atoms with van der Waals surface area (Å²) in [7, 11) is 1.59. The number of methoxy groups -OCH3 is 1. The molecule has 0 spiro atoms. The Hall–Kier alpha value is -2.41. The average Bonchev–Trinajstić information content (AvgIpc) is 3.14. The molecule has 3 rings (SSSR count). The zero-order valence-corrected chi connectivity index (χ0v) is 14.5. The summed E-state index contributed by atoms with van der Waals surface area (Å²) in [6.45, 7) is 2.31. The van der Waals surface area contributed by atoms with Crippen LogP contribution >= 0.6 is 0 Å². The van der Waals surface area contributed by atoms with Gasteiger partial charge < -0.3 is 14.2 Å². The molecule has 1 aliphatic heterocycles. The number of nitrogens with zero attached hydrogens (tertiary/aromatic N) is 4. The van der Waals surface area contributed by atoms with Gasteiger partial charge in [0.1, 0.15) is 0 Å². The highest BCUT2D eigenvalue weighted by molar-refractivity contribution is 5.94. The minimum absolute atomic E-state index is 0.0250.